The lowest BCUT2D eigenvalue weighted by Gasteiger charge is -2.32. The maximum atomic E-state index is 13.2. The summed E-state index contributed by atoms with van der Waals surface area (Å²) in [6.45, 7) is 3.35. The molecule has 0 radical (unpaired) electrons. The summed E-state index contributed by atoms with van der Waals surface area (Å²) < 4.78 is 11.2. The van der Waals surface area contributed by atoms with Gasteiger partial charge in [0.05, 0.1) is 13.2 Å². The third-order valence-electron chi connectivity index (χ3n) is 6.22. The Morgan fingerprint density at radius 2 is 1.55 bits per heavy atom. The second-order valence-electron chi connectivity index (χ2n) is 8.41. The third kappa shape index (κ3) is 6.36. The van der Waals surface area contributed by atoms with Gasteiger partial charge in [-0.15, -0.1) is 0 Å². The zero-order chi connectivity index (χ0) is 22.9. The first kappa shape index (κ1) is 22.9. The summed E-state index contributed by atoms with van der Waals surface area (Å²) in [7, 11) is 1.66. The molecule has 1 fully saturated rings. The smallest absolute Gasteiger partial charge is 0.223 e. The Morgan fingerprint density at radius 1 is 0.909 bits per heavy atom. The van der Waals surface area contributed by atoms with Gasteiger partial charge in [-0.1, -0.05) is 60.7 Å². The number of amides is 1. The highest BCUT2D eigenvalue weighted by molar-refractivity contribution is 5.79. The molecule has 3 aromatic carbocycles. The number of rotatable bonds is 9. The van der Waals surface area contributed by atoms with Crippen LogP contribution in [0.2, 0.25) is 0 Å². The van der Waals surface area contributed by atoms with Crippen molar-refractivity contribution in [2.24, 2.45) is 5.92 Å². The van der Waals surface area contributed by atoms with Crippen LogP contribution in [0.25, 0.3) is 0 Å². The van der Waals surface area contributed by atoms with Gasteiger partial charge in [0.25, 0.3) is 0 Å². The molecule has 5 heteroatoms. The monoisotopic (exact) mass is 444 g/mol. The van der Waals surface area contributed by atoms with Crippen LogP contribution in [0, 0.1) is 5.92 Å². The summed E-state index contributed by atoms with van der Waals surface area (Å²) in [5.74, 6) is 1.82. The number of likely N-dealkylation sites (tertiary alicyclic amines) is 1. The second kappa shape index (κ2) is 11.5. The summed E-state index contributed by atoms with van der Waals surface area (Å²) in [4.78, 5) is 15.6. The van der Waals surface area contributed by atoms with Gasteiger partial charge < -0.3 is 14.8 Å². The molecule has 0 saturated carbocycles. The van der Waals surface area contributed by atoms with Gasteiger partial charge in [0.15, 0.2) is 0 Å². The highest BCUT2D eigenvalue weighted by Crippen LogP contribution is 2.27. The molecule has 1 saturated heterocycles. The van der Waals surface area contributed by atoms with E-state index >= 15 is 0 Å². The molecule has 0 aliphatic carbocycles. The molecule has 1 N–H and O–H groups in total. The molecule has 33 heavy (non-hydrogen) atoms. The molecule has 1 aliphatic heterocycles. The van der Waals surface area contributed by atoms with Gasteiger partial charge in [0.2, 0.25) is 5.91 Å². The van der Waals surface area contributed by atoms with Crippen LogP contribution in [0.15, 0.2) is 84.9 Å². The largest absolute Gasteiger partial charge is 0.497 e. The molecular weight excluding hydrogens is 412 g/mol. The number of benzene rings is 3. The molecule has 3 aromatic rings. The molecule has 0 bridgehead atoms. The van der Waals surface area contributed by atoms with E-state index in [9.17, 15) is 4.79 Å². The first-order chi connectivity index (χ1) is 16.2. The quantitative estimate of drug-likeness (QED) is 0.520. The van der Waals surface area contributed by atoms with Gasteiger partial charge >= 0.3 is 0 Å². The van der Waals surface area contributed by atoms with Crippen LogP contribution in [-0.4, -0.2) is 44.2 Å². The van der Waals surface area contributed by atoms with Crippen molar-refractivity contribution in [3.63, 3.8) is 0 Å². The summed E-state index contributed by atoms with van der Waals surface area (Å²) >= 11 is 0. The minimum absolute atomic E-state index is 0.0214. The minimum atomic E-state index is -0.203. The van der Waals surface area contributed by atoms with Crippen molar-refractivity contribution in [1.29, 1.82) is 0 Å². The number of nitrogens with zero attached hydrogens (tertiary/aromatic N) is 1. The van der Waals surface area contributed by atoms with Crippen molar-refractivity contribution in [2.45, 2.75) is 18.9 Å². The van der Waals surface area contributed by atoms with Gasteiger partial charge in [0.1, 0.15) is 18.1 Å². The van der Waals surface area contributed by atoms with Gasteiger partial charge in [0, 0.05) is 12.5 Å². The zero-order valence-electron chi connectivity index (χ0n) is 19.2. The van der Waals surface area contributed by atoms with E-state index in [2.05, 4.69) is 22.3 Å². The van der Waals surface area contributed by atoms with E-state index in [4.69, 9.17) is 9.47 Å². The second-order valence-corrected chi connectivity index (χ2v) is 8.41. The SMILES string of the molecule is COc1cccc([C@H](NC(=O)C2CCN(CCOc3ccccc3)CC2)c2ccccc2)c1. The van der Waals surface area contributed by atoms with E-state index in [-0.39, 0.29) is 17.9 Å². The Kier molecular flexibility index (Phi) is 7.99. The van der Waals surface area contributed by atoms with Crippen LogP contribution in [0.1, 0.15) is 30.0 Å². The van der Waals surface area contributed by atoms with Crippen LogP contribution in [0.3, 0.4) is 0 Å². The number of ether oxygens (including phenoxy) is 2. The normalized spacial score (nSPS) is 15.5. The van der Waals surface area contributed by atoms with Crippen LogP contribution in [0.4, 0.5) is 0 Å². The highest BCUT2D eigenvalue weighted by atomic mass is 16.5. The Hall–Kier alpha value is -3.31. The van der Waals surface area contributed by atoms with Gasteiger partial charge in [-0.05, 0) is 61.3 Å². The Balaban J connectivity index is 1.33. The van der Waals surface area contributed by atoms with Crippen molar-refractivity contribution in [3.05, 3.63) is 96.1 Å². The van der Waals surface area contributed by atoms with Crippen LogP contribution in [0.5, 0.6) is 11.5 Å². The van der Waals surface area contributed by atoms with Crippen LogP contribution < -0.4 is 14.8 Å². The number of nitrogens with one attached hydrogen (secondary N) is 1. The molecule has 1 atom stereocenters. The number of hydrogen-bond donors (Lipinski definition) is 1. The number of carbonyl (C=O) groups excluding carboxylic acids is 1. The predicted molar refractivity (Wildman–Crippen MR) is 131 cm³/mol. The maximum absolute atomic E-state index is 13.2. The summed E-state index contributed by atoms with van der Waals surface area (Å²) in [5, 5.41) is 3.31. The average Bonchev–Trinajstić information content (AvgIpc) is 2.88. The Labute approximate surface area is 196 Å². The molecule has 1 aliphatic rings. The van der Waals surface area contributed by atoms with Crippen molar-refractivity contribution in [2.75, 3.05) is 33.4 Å². The van der Waals surface area contributed by atoms with Crippen LogP contribution in [-0.2, 0) is 4.79 Å². The lowest BCUT2D eigenvalue weighted by Crippen LogP contribution is -2.42. The lowest BCUT2D eigenvalue weighted by atomic mass is 9.93. The van der Waals surface area contributed by atoms with E-state index in [1.165, 1.54) is 0 Å². The molecule has 0 spiro atoms. The first-order valence-corrected chi connectivity index (χ1v) is 11.6. The van der Waals surface area contributed by atoms with Crippen molar-refractivity contribution in [1.82, 2.24) is 10.2 Å². The average molecular weight is 445 g/mol. The number of methoxy groups -OCH3 is 1. The fraction of sp³-hybridized carbons (Fsp3) is 0.321. The van der Waals surface area contributed by atoms with Gasteiger partial charge in [-0.3, -0.25) is 9.69 Å². The van der Waals surface area contributed by atoms with Crippen molar-refractivity contribution >= 4 is 5.91 Å². The molecule has 1 heterocycles. The van der Waals surface area contributed by atoms with E-state index in [0.29, 0.717) is 6.61 Å². The molecule has 1 amide bonds. The van der Waals surface area contributed by atoms with E-state index < -0.39 is 0 Å². The minimum Gasteiger partial charge on any atom is -0.497 e. The molecular formula is C28H32N2O3. The van der Waals surface area contributed by atoms with Crippen molar-refractivity contribution in [3.8, 4) is 11.5 Å². The van der Waals surface area contributed by atoms with Gasteiger partial charge in [-0.2, -0.15) is 0 Å². The fourth-order valence-electron chi connectivity index (χ4n) is 4.31. The number of piperidine rings is 1. The Morgan fingerprint density at radius 3 is 2.24 bits per heavy atom. The summed E-state index contributed by atoms with van der Waals surface area (Å²) in [6.07, 6.45) is 1.72. The number of carbonyl (C=O) groups is 1. The third-order valence-corrected chi connectivity index (χ3v) is 6.22. The molecule has 0 unspecified atom stereocenters. The molecule has 172 valence electrons. The maximum Gasteiger partial charge on any atom is 0.223 e. The molecule has 5 nitrogen and oxygen atoms in total. The summed E-state index contributed by atoms with van der Waals surface area (Å²) in [6, 6.07) is 27.7. The Bertz CT molecular complexity index is 1000. The number of para-hydroxylation sites is 1. The summed E-state index contributed by atoms with van der Waals surface area (Å²) in [5.41, 5.74) is 2.08. The lowest BCUT2D eigenvalue weighted by molar-refractivity contribution is -0.127. The molecule has 4 rings (SSSR count). The van der Waals surface area contributed by atoms with Gasteiger partial charge in [-0.25, -0.2) is 0 Å². The van der Waals surface area contributed by atoms with Crippen molar-refractivity contribution < 1.29 is 14.3 Å². The first-order valence-electron chi connectivity index (χ1n) is 11.6. The predicted octanol–water partition coefficient (Wildman–Crippen LogP) is 4.69. The van der Waals surface area contributed by atoms with E-state index in [1.807, 2.05) is 72.8 Å². The fourth-order valence-corrected chi connectivity index (χ4v) is 4.31. The molecule has 0 aromatic heterocycles. The number of hydrogen-bond acceptors (Lipinski definition) is 4. The van der Waals surface area contributed by atoms with E-state index in [0.717, 1.165) is 55.1 Å². The zero-order valence-corrected chi connectivity index (χ0v) is 19.2. The topological polar surface area (TPSA) is 50.8 Å². The van der Waals surface area contributed by atoms with Crippen LogP contribution >= 0.6 is 0 Å². The standard InChI is InChI=1S/C28H32N2O3/c1-32-26-14-8-11-24(21-26)27(22-9-4-2-5-10-22)29-28(31)23-15-17-30(18-16-23)19-20-33-25-12-6-3-7-13-25/h2-14,21,23,27H,15-20H2,1H3,(H,29,31)/t27-/m1/s1. The van der Waals surface area contributed by atoms with E-state index in [1.54, 1.807) is 7.11 Å². The highest BCUT2D eigenvalue weighted by Gasteiger charge is 2.27.